The molecule has 0 fully saturated rings. The number of aryl methyl sites for hydroxylation is 1. The summed E-state index contributed by atoms with van der Waals surface area (Å²) in [5.41, 5.74) is 6.04. The van der Waals surface area contributed by atoms with Gasteiger partial charge in [-0.15, -0.1) is 5.10 Å². The molecule has 0 radical (unpaired) electrons. The first kappa shape index (κ1) is 19.3. The molecule has 1 aliphatic heterocycles. The SMILES string of the molecule is CCOC(=O)c1ncn2c1Cc1c(CN(CC)CC)nnn1-c1cc(C)ccc1-2. The molecular weight excluding hydrogens is 368 g/mol. The predicted octanol–water partition coefficient (Wildman–Crippen LogP) is 2.68. The highest BCUT2D eigenvalue weighted by molar-refractivity contribution is 5.89. The zero-order valence-corrected chi connectivity index (χ0v) is 17.3. The lowest BCUT2D eigenvalue weighted by molar-refractivity contribution is 0.0519. The number of benzene rings is 1. The van der Waals surface area contributed by atoms with Crippen molar-refractivity contribution in [1.29, 1.82) is 0 Å². The standard InChI is InChI=1S/C21H26N6O2/c1-5-25(6-2)12-15-17-11-19-20(21(28)29-7-3)22-13-26(19)16-9-8-14(4)10-18(16)27(17)24-23-15/h8-10,13H,5-7,11-12H2,1-4H3. The highest BCUT2D eigenvalue weighted by Gasteiger charge is 2.29. The van der Waals surface area contributed by atoms with Gasteiger partial charge in [-0.05, 0) is 44.6 Å². The maximum atomic E-state index is 12.5. The Hall–Kier alpha value is -3.00. The van der Waals surface area contributed by atoms with Crippen molar-refractivity contribution in [1.82, 2.24) is 29.4 Å². The van der Waals surface area contributed by atoms with Gasteiger partial charge in [0.1, 0.15) is 12.0 Å². The lowest BCUT2D eigenvalue weighted by Crippen LogP contribution is -2.23. The van der Waals surface area contributed by atoms with Crippen molar-refractivity contribution in [3.63, 3.8) is 0 Å². The number of carbonyl (C=O) groups excluding carboxylic acids is 1. The second-order valence-electron chi connectivity index (χ2n) is 7.16. The summed E-state index contributed by atoms with van der Waals surface area (Å²) in [5, 5.41) is 8.98. The van der Waals surface area contributed by atoms with Crippen LogP contribution in [-0.2, 0) is 17.7 Å². The minimum absolute atomic E-state index is 0.313. The van der Waals surface area contributed by atoms with Crippen LogP contribution in [0.5, 0.6) is 0 Å². The molecule has 0 amide bonds. The molecule has 1 aliphatic rings. The Morgan fingerprint density at radius 3 is 2.69 bits per heavy atom. The van der Waals surface area contributed by atoms with Gasteiger partial charge in [0.25, 0.3) is 0 Å². The second kappa shape index (κ2) is 7.79. The maximum Gasteiger partial charge on any atom is 0.358 e. The first-order valence-corrected chi connectivity index (χ1v) is 10.1. The summed E-state index contributed by atoms with van der Waals surface area (Å²) in [4.78, 5) is 19.2. The number of fused-ring (bicyclic) bond motifs is 5. The molecule has 3 aromatic rings. The minimum atomic E-state index is -0.402. The number of hydrogen-bond acceptors (Lipinski definition) is 6. The number of aromatic nitrogens is 5. The van der Waals surface area contributed by atoms with Crippen molar-refractivity contribution >= 4 is 5.97 Å². The van der Waals surface area contributed by atoms with Gasteiger partial charge in [-0.25, -0.2) is 14.5 Å². The quantitative estimate of drug-likeness (QED) is 0.468. The Balaban J connectivity index is 1.90. The van der Waals surface area contributed by atoms with E-state index in [1.807, 2.05) is 21.4 Å². The molecular formula is C21H26N6O2. The van der Waals surface area contributed by atoms with Gasteiger partial charge in [-0.3, -0.25) is 9.47 Å². The third kappa shape index (κ3) is 3.33. The van der Waals surface area contributed by atoms with Gasteiger partial charge < -0.3 is 4.74 Å². The molecule has 0 N–H and O–H groups in total. The fraction of sp³-hybridized carbons (Fsp3) is 0.429. The summed E-state index contributed by atoms with van der Waals surface area (Å²) in [7, 11) is 0. The summed E-state index contributed by atoms with van der Waals surface area (Å²) in [6.45, 7) is 11.0. The Morgan fingerprint density at radius 2 is 1.97 bits per heavy atom. The summed E-state index contributed by atoms with van der Waals surface area (Å²) in [6, 6.07) is 6.17. The molecule has 0 saturated heterocycles. The summed E-state index contributed by atoms with van der Waals surface area (Å²) >= 11 is 0. The molecule has 8 heteroatoms. The van der Waals surface area contributed by atoms with E-state index in [0.29, 0.717) is 25.3 Å². The first-order valence-electron chi connectivity index (χ1n) is 10.1. The first-order chi connectivity index (χ1) is 14.1. The highest BCUT2D eigenvalue weighted by Crippen LogP contribution is 2.31. The van der Waals surface area contributed by atoms with E-state index in [9.17, 15) is 4.79 Å². The molecule has 0 unspecified atom stereocenters. The summed E-state index contributed by atoms with van der Waals surface area (Å²) < 4.78 is 9.11. The largest absolute Gasteiger partial charge is 0.461 e. The van der Waals surface area contributed by atoms with Gasteiger partial charge in [0.05, 0.1) is 29.4 Å². The normalized spacial score (nSPS) is 12.3. The van der Waals surface area contributed by atoms with Gasteiger partial charge in [0.15, 0.2) is 5.69 Å². The van der Waals surface area contributed by atoms with E-state index in [-0.39, 0.29) is 0 Å². The van der Waals surface area contributed by atoms with E-state index in [4.69, 9.17) is 4.74 Å². The Labute approximate surface area is 170 Å². The van der Waals surface area contributed by atoms with Gasteiger partial charge >= 0.3 is 5.97 Å². The van der Waals surface area contributed by atoms with Gasteiger partial charge in [-0.2, -0.15) is 0 Å². The van der Waals surface area contributed by atoms with Crippen molar-refractivity contribution < 1.29 is 9.53 Å². The molecule has 2 aromatic heterocycles. The van der Waals surface area contributed by atoms with Crippen LogP contribution in [0.2, 0.25) is 0 Å². The van der Waals surface area contributed by atoms with Crippen molar-refractivity contribution in [3.05, 3.63) is 52.9 Å². The third-order valence-electron chi connectivity index (χ3n) is 5.40. The van der Waals surface area contributed by atoms with Crippen LogP contribution in [0.4, 0.5) is 0 Å². The van der Waals surface area contributed by atoms with Crippen LogP contribution in [0, 0.1) is 6.92 Å². The lowest BCUT2D eigenvalue weighted by Gasteiger charge is -2.17. The van der Waals surface area contributed by atoms with Crippen LogP contribution in [-0.4, -0.2) is 55.1 Å². The second-order valence-corrected chi connectivity index (χ2v) is 7.16. The topological polar surface area (TPSA) is 78.1 Å². The molecule has 0 aliphatic carbocycles. The molecule has 152 valence electrons. The monoisotopic (exact) mass is 394 g/mol. The van der Waals surface area contributed by atoms with E-state index in [1.165, 1.54) is 0 Å². The Bertz CT molecular complexity index is 1050. The van der Waals surface area contributed by atoms with Gasteiger partial charge in [-0.1, -0.05) is 25.1 Å². The lowest BCUT2D eigenvalue weighted by atomic mass is 10.1. The Morgan fingerprint density at radius 1 is 1.17 bits per heavy atom. The number of esters is 1. The molecule has 29 heavy (non-hydrogen) atoms. The molecule has 0 saturated carbocycles. The molecule has 1 aromatic carbocycles. The average molecular weight is 394 g/mol. The van der Waals surface area contributed by atoms with E-state index in [2.05, 4.69) is 47.0 Å². The van der Waals surface area contributed by atoms with Crippen LogP contribution in [0.15, 0.2) is 24.5 Å². The van der Waals surface area contributed by atoms with Crippen molar-refractivity contribution in [3.8, 4) is 11.4 Å². The van der Waals surface area contributed by atoms with Crippen LogP contribution in [0.25, 0.3) is 11.4 Å². The molecule has 0 atom stereocenters. The van der Waals surface area contributed by atoms with E-state index in [1.54, 1.807) is 13.3 Å². The van der Waals surface area contributed by atoms with Crippen LogP contribution in [0.1, 0.15) is 53.9 Å². The van der Waals surface area contributed by atoms with Gasteiger partial charge in [0.2, 0.25) is 0 Å². The third-order valence-corrected chi connectivity index (χ3v) is 5.40. The fourth-order valence-electron chi connectivity index (χ4n) is 3.77. The maximum absolute atomic E-state index is 12.5. The van der Waals surface area contributed by atoms with Crippen molar-refractivity contribution in [2.24, 2.45) is 0 Å². The Kier molecular flexibility index (Phi) is 5.19. The van der Waals surface area contributed by atoms with E-state index < -0.39 is 5.97 Å². The fourth-order valence-corrected chi connectivity index (χ4v) is 3.77. The average Bonchev–Trinajstić information content (AvgIpc) is 3.28. The van der Waals surface area contributed by atoms with Crippen LogP contribution in [0.3, 0.4) is 0 Å². The zero-order valence-electron chi connectivity index (χ0n) is 17.3. The van der Waals surface area contributed by atoms with E-state index >= 15 is 0 Å². The zero-order chi connectivity index (χ0) is 20.5. The van der Waals surface area contributed by atoms with E-state index in [0.717, 1.165) is 47.1 Å². The van der Waals surface area contributed by atoms with Crippen molar-refractivity contribution in [2.45, 2.75) is 40.7 Å². The summed E-state index contributed by atoms with van der Waals surface area (Å²) in [5.74, 6) is -0.402. The molecule has 0 bridgehead atoms. The molecule has 3 heterocycles. The van der Waals surface area contributed by atoms with Crippen molar-refractivity contribution in [2.75, 3.05) is 19.7 Å². The predicted molar refractivity (Wildman–Crippen MR) is 109 cm³/mol. The number of carbonyl (C=O) groups is 1. The molecule has 0 spiro atoms. The smallest absolute Gasteiger partial charge is 0.358 e. The number of rotatable bonds is 6. The molecule has 4 rings (SSSR count). The number of ether oxygens (including phenoxy) is 1. The van der Waals surface area contributed by atoms with Crippen LogP contribution < -0.4 is 0 Å². The molecule has 8 nitrogen and oxygen atoms in total. The number of nitrogens with zero attached hydrogens (tertiary/aromatic N) is 6. The number of imidazole rings is 1. The van der Waals surface area contributed by atoms with Crippen LogP contribution >= 0.6 is 0 Å². The van der Waals surface area contributed by atoms with Gasteiger partial charge in [0, 0.05) is 13.0 Å². The minimum Gasteiger partial charge on any atom is -0.461 e. The highest BCUT2D eigenvalue weighted by atomic mass is 16.5. The number of hydrogen-bond donors (Lipinski definition) is 0. The summed E-state index contributed by atoms with van der Waals surface area (Å²) in [6.07, 6.45) is 2.20.